The first-order valence-corrected chi connectivity index (χ1v) is 8.11. The van der Waals surface area contributed by atoms with E-state index in [0.29, 0.717) is 12.2 Å². The van der Waals surface area contributed by atoms with Crippen molar-refractivity contribution in [3.8, 4) is 11.5 Å². The summed E-state index contributed by atoms with van der Waals surface area (Å²) in [5, 5.41) is 20.1. The van der Waals surface area contributed by atoms with Crippen LogP contribution in [0.15, 0.2) is 29.5 Å². The summed E-state index contributed by atoms with van der Waals surface area (Å²) < 4.78 is 15.7. The van der Waals surface area contributed by atoms with Crippen LogP contribution in [0.1, 0.15) is 25.5 Å². The number of Topliss-reactive ketones (excluding diaryl/α,β-unsaturated/α-hetero) is 1. The average Bonchev–Trinajstić information content (AvgIpc) is 2.86. The number of hydrogen-bond acceptors (Lipinski definition) is 7. The number of carbonyl (C=O) groups is 2. The molecule has 0 aliphatic carbocycles. The molecule has 0 unspecified atom stereocenters. The molecule has 2 rings (SSSR count). The van der Waals surface area contributed by atoms with Crippen molar-refractivity contribution in [2.45, 2.75) is 26.2 Å². The first kappa shape index (κ1) is 19.7. The first-order valence-electron chi connectivity index (χ1n) is 8.11. The highest BCUT2D eigenvalue weighted by Gasteiger charge is 2.43. The fraction of sp³-hybridized carbons (Fsp3) is 0.444. The molecule has 2 N–H and O–H groups in total. The molecule has 1 heterocycles. The SMILES string of the molecule is CCOc1cc([C@H]2C(C(C)=O)=C(O)C(=O)N2CC(OC)OC)ccc1O. The third-order valence-electron chi connectivity index (χ3n) is 4.15. The van der Waals surface area contributed by atoms with Gasteiger partial charge in [0.1, 0.15) is 0 Å². The van der Waals surface area contributed by atoms with Gasteiger partial charge in [-0.25, -0.2) is 0 Å². The zero-order chi connectivity index (χ0) is 19.4. The van der Waals surface area contributed by atoms with E-state index in [4.69, 9.17) is 14.2 Å². The number of hydrogen-bond donors (Lipinski definition) is 2. The van der Waals surface area contributed by atoms with E-state index >= 15 is 0 Å². The Kier molecular flexibility index (Phi) is 6.23. The van der Waals surface area contributed by atoms with Crippen LogP contribution in [0.4, 0.5) is 0 Å². The molecule has 0 saturated heterocycles. The molecule has 0 fully saturated rings. The number of carbonyl (C=O) groups excluding carboxylic acids is 2. The summed E-state index contributed by atoms with van der Waals surface area (Å²) in [5.74, 6) is -1.55. The van der Waals surface area contributed by atoms with Crippen molar-refractivity contribution in [2.75, 3.05) is 27.4 Å². The molecule has 1 aromatic rings. The van der Waals surface area contributed by atoms with Gasteiger partial charge in [0, 0.05) is 14.2 Å². The van der Waals surface area contributed by atoms with Gasteiger partial charge >= 0.3 is 0 Å². The number of phenols is 1. The van der Waals surface area contributed by atoms with Crippen molar-refractivity contribution in [2.24, 2.45) is 0 Å². The number of aliphatic hydroxyl groups is 1. The van der Waals surface area contributed by atoms with Crippen LogP contribution in [0.25, 0.3) is 0 Å². The predicted octanol–water partition coefficient (Wildman–Crippen LogP) is 1.69. The number of benzene rings is 1. The molecule has 0 saturated carbocycles. The van der Waals surface area contributed by atoms with E-state index < -0.39 is 29.8 Å². The maximum atomic E-state index is 12.5. The molecule has 1 aliphatic rings. The Morgan fingerprint density at radius 2 is 1.92 bits per heavy atom. The summed E-state index contributed by atoms with van der Waals surface area (Å²) in [7, 11) is 2.85. The van der Waals surface area contributed by atoms with Crippen LogP contribution in [-0.2, 0) is 19.1 Å². The Hall–Kier alpha value is -2.58. The second-order valence-corrected chi connectivity index (χ2v) is 5.74. The Morgan fingerprint density at radius 1 is 1.27 bits per heavy atom. The maximum Gasteiger partial charge on any atom is 0.290 e. The summed E-state index contributed by atoms with van der Waals surface area (Å²) >= 11 is 0. The smallest absolute Gasteiger partial charge is 0.290 e. The van der Waals surface area contributed by atoms with Crippen molar-refractivity contribution in [3.05, 3.63) is 35.1 Å². The van der Waals surface area contributed by atoms with Gasteiger partial charge in [-0.3, -0.25) is 9.59 Å². The minimum Gasteiger partial charge on any atom is -0.504 e. The Bertz CT molecular complexity index is 724. The number of aromatic hydroxyl groups is 1. The van der Waals surface area contributed by atoms with Gasteiger partial charge < -0.3 is 29.3 Å². The van der Waals surface area contributed by atoms with Crippen molar-refractivity contribution < 1.29 is 34.0 Å². The molecule has 8 heteroatoms. The number of amides is 1. The molecular weight excluding hydrogens is 342 g/mol. The lowest BCUT2D eigenvalue weighted by atomic mass is 9.96. The van der Waals surface area contributed by atoms with Crippen LogP contribution < -0.4 is 4.74 Å². The zero-order valence-electron chi connectivity index (χ0n) is 15.2. The van der Waals surface area contributed by atoms with Gasteiger partial charge in [-0.15, -0.1) is 0 Å². The molecule has 0 bridgehead atoms. The number of ketones is 1. The predicted molar refractivity (Wildman–Crippen MR) is 91.9 cm³/mol. The lowest BCUT2D eigenvalue weighted by molar-refractivity contribution is -0.144. The lowest BCUT2D eigenvalue weighted by Crippen LogP contribution is -2.38. The van der Waals surface area contributed by atoms with Crippen LogP contribution in [-0.4, -0.2) is 60.5 Å². The van der Waals surface area contributed by atoms with Gasteiger partial charge in [0.25, 0.3) is 5.91 Å². The van der Waals surface area contributed by atoms with E-state index in [0.717, 1.165) is 0 Å². The van der Waals surface area contributed by atoms with Gasteiger partial charge in [0.15, 0.2) is 29.3 Å². The highest BCUT2D eigenvalue weighted by molar-refractivity contribution is 6.08. The molecule has 1 aromatic carbocycles. The summed E-state index contributed by atoms with van der Waals surface area (Å²) in [6.07, 6.45) is -0.732. The van der Waals surface area contributed by atoms with Crippen LogP contribution in [0.5, 0.6) is 11.5 Å². The van der Waals surface area contributed by atoms with E-state index in [-0.39, 0.29) is 23.6 Å². The monoisotopic (exact) mass is 365 g/mol. The second kappa shape index (κ2) is 8.20. The van der Waals surface area contributed by atoms with E-state index in [2.05, 4.69) is 0 Å². The zero-order valence-corrected chi connectivity index (χ0v) is 15.2. The normalized spacial score (nSPS) is 17.3. The van der Waals surface area contributed by atoms with Gasteiger partial charge in [0.05, 0.1) is 24.8 Å². The number of ether oxygens (including phenoxy) is 3. The Balaban J connectivity index is 2.52. The Labute approximate surface area is 151 Å². The molecule has 0 spiro atoms. The third-order valence-corrected chi connectivity index (χ3v) is 4.15. The molecule has 8 nitrogen and oxygen atoms in total. The number of nitrogens with zero attached hydrogens (tertiary/aromatic N) is 1. The summed E-state index contributed by atoms with van der Waals surface area (Å²) in [5.41, 5.74) is 0.494. The van der Waals surface area contributed by atoms with Crippen molar-refractivity contribution in [1.82, 2.24) is 4.90 Å². The van der Waals surface area contributed by atoms with Gasteiger partial charge in [-0.1, -0.05) is 6.07 Å². The highest BCUT2D eigenvalue weighted by Crippen LogP contribution is 2.40. The van der Waals surface area contributed by atoms with Gasteiger partial charge in [-0.2, -0.15) is 0 Å². The van der Waals surface area contributed by atoms with Crippen molar-refractivity contribution >= 4 is 11.7 Å². The van der Waals surface area contributed by atoms with Crippen LogP contribution in [0.3, 0.4) is 0 Å². The second-order valence-electron chi connectivity index (χ2n) is 5.74. The molecule has 1 atom stereocenters. The highest BCUT2D eigenvalue weighted by atomic mass is 16.7. The minimum atomic E-state index is -0.840. The largest absolute Gasteiger partial charge is 0.504 e. The Morgan fingerprint density at radius 3 is 2.46 bits per heavy atom. The van der Waals surface area contributed by atoms with Crippen molar-refractivity contribution in [1.29, 1.82) is 0 Å². The van der Waals surface area contributed by atoms with E-state index in [9.17, 15) is 19.8 Å². The molecule has 26 heavy (non-hydrogen) atoms. The fourth-order valence-electron chi connectivity index (χ4n) is 2.93. The molecular formula is C18H23NO7. The first-order chi connectivity index (χ1) is 12.3. The lowest BCUT2D eigenvalue weighted by Gasteiger charge is -2.29. The van der Waals surface area contributed by atoms with Crippen LogP contribution in [0, 0.1) is 0 Å². The average molecular weight is 365 g/mol. The molecule has 1 aliphatic heterocycles. The fourth-order valence-corrected chi connectivity index (χ4v) is 2.93. The van der Waals surface area contributed by atoms with Gasteiger partial charge in [-0.05, 0) is 31.5 Å². The topological polar surface area (TPSA) is 106 Å². The standard InChI is InChI=1S/C18H23NO7/c1-5-26-13-8-11(6-7-12(13)21)16-15(10(2)20)17(22)18(23)19(16)9-14(24-3)25-4/h6-8,14,16,21-22H,5,9H2,1-4H3/t16-/m0/s1. The summed E-state index contributed by atoms with van der Waals surface area (Å²) in [6, 6.07) is 3.69. The molecule has 1 amide bonds. The number of methoxy groups -OCH3 is 2. The summed E-state index contributed by atoms with van der Waals surface area (Å²) in [4.78, 5) is 25.9. The summed E-state index contributed by atoms with van der Waals surface area (Å²) in [6.45, 7) is 3.39. The number of rotatable bonds is 8. The van der Waals surface area contributed by atoms with Crippen LogP contribution in [0.2, 0.25) is 0 Å². The number of phenolic OH excluding ortho intramolecular Hbond substituents is 1. The molecule has 0 aromatic heterocycles. The van der Waals surface area contributed by atoms with Crippen molar-refractivity contribution in [3.63, 3.8) is 0 Å². The van der Waals surface area contributed by atoms with E-state index in [1.54, 1.807) is 19.1 Å². The van der Waals surface area contributed by atoms with E-state index in [1.165, 1.54) is 32.1 Å². The maximum absolute atomic E-state index is 12.5. The van der Waals surface area contributed by atoms with Gasteiger partial charge in [0.2, 0.25) is 0 Å². The quantitative estimate of drug-likeness (QED) is 0.675. The third kappa shape index (κ3) is 3.66. The minimum absolute atomic E-state index is 0.00217. The van der Waals surface area contributed by atoms with Crippen LogP contribution >= 0.6 is 0 Å². The number of aliphatic hydroxyl groups excluding tert-OH is 1. The molecule has 142 valence electrons. The molecule has 0 radical (unpaired) electrons. The van der Waals surface area contributed by atoms with E-state index in [1.807, 2.05) is 0 Å².